The molecule has 0 spiro atoms. The molecular formula is C23H27N5O. The minimum atomic E-state index is -0.429. The maximum atomic E-state index is 6.24. The van der Waals surface area contributed by atoms with Crippen molar-refractivity contribution < 1.29 is 4.74 Å². The monoisotopic (exact) mass is 389 g/mol. The number of fused-ring (bicyclic) bond motifs is 1. The standard InChI is InChI=1S/C23H27N5O/c1-22(2)12-10-17-16(14-22)18(15-8-5-4-6-9-15)19(21-25-27-28-26-21)20(24-17)23(3)11-7-13-29-23/h4-6,8-9H,7,10-14H2,1-3H3,(H,25,26,27,28)/t23-/m1/s1. The van der Waals surface area contributed by atoms with Gasteiger partial charge < -0.3 is 4.74 Å². The van der Waals surface area contributed by atoms with Gasteiger partial charge in [-0.15, -0.1) is 10.2 Å². The van der Waals surface area contributed by atoms with E-state index in [2.05, 4.69) is 71.7 Å². The molecule has 150 valence electrons. The van der Waals surface area contributed by atoms with Gasteiger partial charge in [0.05, 0.1) is 11.3 Å². The number of hydrogen-bond acceptors (Lipinski definition) is 5. The molecule has 1 N–H and O–H groups in total. The second kappa shape index (κ2) is 6.73. The highest BCUT2D eigenvalue weighted by atomic mass is 16.5. The molecule has 3 heterocycles. The van der Waals surface area contributed by atoms with Crippen LogP contribution in [0, 0.1) is 5.41 Å². The van der Waals surface area contributed by atoms with Crippen molar-refractivity contribution >= 4 is 0 Å². The minimum absolute atomic E-state index is 0.238. The van der Waals surface area contributed by atoms with Crippen LogP contribution in [0.15, 0.2) is 30.3 Å². The molecule has 2 aliphatic rings. The number of ether oxygens (including phenoxy) is 1. The van der Waals surface area contributed by atoms with Gasteiger partial charge in [0, 0.05) is 12.3 Å². The molecule has 0 unspecified atom stereocenters. The Kier molecular flexibility index (Phi) is 4.28. The third-order valence-corrected chi connectivity index (χ3v) is 6.43. The summed E-state index contributed by atoms with van der Waals surface area (Å²) in [4.78, 5) is 5.23. The summed E-state index contributed by atoms with van der Waals surface area (Å²) in [6.07, 6.45) is 5.10. The van der Waals surface area contributed by atoms with Gasteiger partial charge in [-0.1, -0.05) is 44.2 Å². The first-order valence-electron chi connectivity index (χ1n) is 10.5. The number of nitrogens with zero attached hydrogens (tertiary/aromatic N) is 4. The van der Waals surface area contributed by atoms with Gasteiger partial charge in [-0.25, -0.2) is 0 Å². The fourth-order valence-corrected chi connectivity index (χ4v) is 4.85. The second-order valence-corrected chi connectivity index (χ2v) is 9.26. The fraction of sp³-hybridized carbons (Fsp3) is 0.478. The zero-order chi connectivity index (χ0) is 20.1. The number of aryl methyl sites for hydroxylation is 1. The molecule has 1 fully saturated rings. The smallest absolute Gasteiger partial charge is 0.207 e. The average Bonchev–Trinajstić information content (AvgIpc) is 3.39. The van der Waals surface area contributed by atoms with Crippen LogP contribution in [0.2, 0.25) is 0 Å². The van der Waals surface area contributed by atoms with Crippen LogP contribution in [-0.4, -0.2) is 32.2 Å². The Labute approximate surface area is 171 Å². The summed E-state index contributed by atoms with van der Waals surface area (Å²) in [6.45, 7) is 7.59. The summed E-state index contributed by atoms with van der Waals surface area (Å²) in [7, 11) is 0. The summed E-state index contributed by atoms with van der Waals surface area (Å²) in [6, 6.07) is 10.6. The van der Waals surface area contributed by atoms with E-state index in [1.54, 1.807) is 0 Å². The highest BCUT2D eigenvalue weighted by molar-refractivity contribution is 5.85. The average molecular weight is 390 g/mol. The van der Waals surface area contributed by atoms with Crippen molar-refractivity contribution in [2.24, 2.45) is 5.41 Å². The van der Waals surface area contributed by atoms with Crippen LogP contribution >= 0.6 is 0 Å². The quantitative estimate of drug-likeness (QED) is 0.715. The molecule has 5 rings (SSSR count). The van der Waals surface area contributed by atoms with Gasteiger partial charge in [0.15, 0.2) is 0 Å². The fourth-order valence-electron chi connectivity index (χ4n) is 4.85. The Bertz CT molecular complexity index is 1020. The topological polar surface area (TPSA) is 76.6 Å². The lowest BCUT2D eigenvalue weighted by molar-refractivity contribution is 0.0135. The van der Waals surface area contributed by atoms with Crippen LogP contribution in [0.4, 0.5) is 0 Å². The highest BCUT2D eigenvalue weighted by Gasteiger charge is 2.40. The van der Waals surface area contributed by atoms with Gasteiger partial charge in [0.2, 0.25) is 5.82 Å². The molecule has 1 aromatic carbocycles. The zero-order valence-corrected chi connectivity index (χ0v) is 17.3. The van der Waals surface area contributed by atoms with E-state index in [0.29, 0.717) is 5.82 Å². The predicted octanol–water partition coefficient (Wildman–Crippen LogP) is 4.47. The number of aromatic amines is 1. The van der Waals surface area contributed by atoms with Crippen LogP contribution in [0.25, 0.3) is 22.5 Å². The third-order valence-electron chi connectivity index (χ3n) is 6.43. The highest BCUT2D eigenvalue weighted by Crippen LogP contribution is 2.48. The molecule has 1 aliphatic heterocycles. The zero-order valence-electron chi connectivity index (χ0n) is 17.3. The first-order valence-corrected chi connectivity index (χ1v) is 10.5. The number of rotatable bonds is 3. The van der Waals surface area contributed by atoms with E-state index >= 15 is 0 Å². The van der Waals surface area contributed by atoms with Gasteiger partial charge in [-0.05, 0) is 66.3 Å². The van der Waals surface area contributed by atoms with Crippen molar-refractivity contribution in [1.82, 2.24) is 25.6 Å². The molecule has 6 heteroatoms. The Morgan fingerprint density at radius 3 is 2.55 bits per heavy atom. The van der Waals surface area contributed by atoms with Gasteiger partial charge in [0.25, 0.3) is 0 Å². The largest absolute Gasteiger partial charge is 0.369 e. The molecule has 29 heavy (non-hydrogen) atoms. The summed E-state index contributed by atoms with van der Waals surface area (Å²) in [5.74, 6) is 0.592. The molecule has 1 atom stereocenters. The first kappa shape index (κ1) is 18.4. The summed E-state index contributed by atoms with van der Waals surface area (Å²) in [5.41, 5.74) is 6.60. The normalized spacial score (nSPS) is 23.1. The number of hydrogen-bond donors (Lipinski definition) is 1. The van der Waals surface area contributed by atoms with Crippen molar-refractivity contribution in [2.75, 3.05) is 6.61 Å². The van der Waals surface area contributed by atoms with Crippen LogP contribution < -0.4 is 0 Å². The molecule has 2 aromatic heterocycles. The number of nitrogens with one attached hydrogen (secondary N) is 1. The minimum Gasteiger partial charge on any atom is -0.369 e. The molecular weight excluding hydrogens is 362 g/mol. The van der Waals surface area contributed by atoms with Crippen molar-refractivity contribution in [3.05, 3.63) is 47.3 Å². The molecule has 0 radical (unpaired) electrons. The van der Waals surface area contributed by atoms with Gasteiger partial charge in [0.1, 0.15) is 5.60 Å². The van der Waals surface area contributed by atoms with Gasteiger partial charge in [-0.2, -0.15) is 5.21 Å². The Morgan fingerprint density at radius 1 is 1.03 bits per heavy atom. The van der Waals surface area contributed by atoms with Crippen LogP contribution in [0.1, 0.15) is 57.0 Å². The van der Waals surface area contributed by atoms with Crippen LogP contribution in [0.3, 0.4) is 0 Å². The van der Waals surface area contributed by atoms with Gasteiger partial charge >= 0.3 is 0 Å². The number of H-pyrrole nitrogens is 1. The predicted molar refractivity (Wildman–Crippen MR) is 111 cm³/mol. The number of pyridine rings is 1. The van der Waals surface area contributed by atoms with E-state index in [1.807, 2.05) is 0 Å². The first-order chi connectivity index (χ1) is 14.0. The molecule has 3 aromatic rings. The molecule has 1 aliphatic carbocycles. The second-order valence-electron chi connectivity index (χ2n) is 9.26. The van der Waals surface area contributed by atoms with Crippen LogP contribution in [0.5, 0.6) is 0 Å². The summed E-state index contributed by atoms with van der Waals surface area (Å²) in [5, 5.41) is 15.3. The lowest BCUT2D eigenvalue weighted by Gasteiger charge is -2.35. The molecule has 6 nitrogen and oxygen atoms in total. The van der Waals surface area contributed by atoms with E-state index in [4.69, 9.17) is 9.72 Å². The van der Waals surface area contributed by atoms with E-state index in [9.17, 15) is 0 Å². The molecule has 0 amide bonds. The number of aromatic nitrogens is 5. The Balaban J connectivity index is 1.87. The lowest BCUT2D eigenvalue weighted by atomic mass is 9.72. The molecule has 0 bridgehead atoms. The summed E-state index contributed by atoms with van der Waals surface area (Å²) >= 11 is 0. The summed E-state index contributed by atoms with van der Waals surface area (Å²) < 4.78 is 6.24. The van der Waals surface area contributed by atoms with E-state index < -0.39 is 5.60 Å². The number of tetrazole rings is 1. The van der Waals surface area contributed by atoms with Crippen LogP contribution in [-0.2, 0) is 23.2 Å². The Hall–Kier alpha value is -2.60. The SMILES string of the molecule is CC1(C)CCc2nc([C@@]3(C)CCCO3)c(-c3nn[nH]n3)c(-c3ccccc3)c2C1. The Morgan fingerprint density at radius 2 is 1.86 bits per heavy atom. The van der Waals surface area contributed by atoms with Crippen molar-refractivity contribution in [2.45, 2.75) is 58.5 Å². The van der Waals surface area contributed by atoms with E-state index in [1.165, 1.54) is 22.4 Å². The third kappa shape index (κ3) is 3.15. The van der Waals surface area contributed by atoms with E-state index in [-0.39, 0.29) is 5.41 Å². The molecule has 1 saturated heterocycles. The number of benzene rings is 1. The van der Waals surface area contributed by atoms with Crippen molar-refractivity contribution in [3.8, 4) is 22.5 Å². The van der Waals surface area contributed by atoms with Gasteiger partial charge in [-0.3, -0.25) is 4.98 Å². The van der Waals surface area contributed by atoms with E-state index in [0.717, 1.165) is 50.0 Å². The lowest BCUT2D eigenvalue weighted by Crippen LogP contribution is -2.29. The maximum absolute atomic E-state index is 6.24. The van der Waals surface area contributed by atoms with Crippen molar-refractivity contribution in [1.29, 1.82) is 0 Å². The molecule has 0 saturated carbocycles. The van der Waals surface area contributed by atoms with Crippen molar-refractivity contribution in [3.63, 3.8) is 0 Å². The maximum Gasteiger partial charge on any atom is 0.207 e.